The largest absolute Gasteiger partial charge is 0.369 e. The molecule has 206 valence electrons. The van der Waals surface area contributed by atoms with E-state index in [1.54, 1.807) is 11.9 Å². The van der Waals surface area contributed by atoms with Gasteiger partial charge in [0, 0.05) is 47.7 Å². The van der Waals surface area contributed by atoms with Gasteiger partial charge in [0.1, 0.15) is 0 Å². The molecule has 1 aromatic carbocycles. The number of fused-ring (bicyclic) bond motifs is 2. The molecule has 1 amide bonds. The molecule has 38 heavy (non-hydrogen) atoms. The molecular formula is C30H40F2N4O2. The molecule has 0 atom stereocenters. The number of amides is 1. The SMILES string of the molecule is CCN(c1cccc2c1CC=CCCc1cc(C)[nH]c(=O)c1CNC2=O)C1CCC(N(C)CC(F)F)CC1. The van der Waals surface area contributed by atoms with Crippen molar-refractivity contribution in [2.24, 2.45) is 0 Å². The van der Waals surface area contributed by atoms with E-state index in [2.05, 4.69) is 40.3 Å². The van der Waals surface area contributed by atoms with Gasteiger partial charge in [-0.25, -0.2) is 8.78 Å². The Morgan fingerprint density at radius 3 is 2.50 bits per heavy atom. The van der Waals surface area contributed by atoms with Crippen LogP contribution in [-0.4, -0.2) is 54.4 Å². The second-order valence-corrected chi connectivity index (χ2v) is 10.6. The highest BCUT2D eigenvalue weighted by molar-refractivity contribution is 5.97. The van der Waals surface area contributed by atoms with Crippen molar-refractivity contribution in [3.05, 3.63) is 74.7 Å². The van der Waals surface area contributed by atoms with Crippen molar-refractivity contribution in [3.8, 4) is 0 Å². The van der Waals surface area contributed by atoms with Crippen LogP contribution >= 0.6 is 0 Å². The first kappa shape index (κ1) is 28.0. The van der Waals surface area contributed by atoms with Crippen molar-refractivity contribution >= 4 is 11.6 Å². The van der Waals surface area contributed by atoms with Crippen molar-refractivity contribution in [2.75, 3.05) is 25.0 Å². The Hall–Kier alpha value is -3.00. The van der Waals surface area contributed by atoms with E-state index in [0.717, 1.165) is 67.6 Å². The number of aryl methyl sites for hydroxylation is 2. The summed E-state index contributed by atoms with van der Waals surface area (Å²) in [5, 5.41) is 3.00. The molecule has 0 spiro atoms. The van der Waals surface area contributed by atoms with Crippen LogP contribution in [0.15, 0.2) is 41.2 Å². The van der Waals surface area contributed by atoms with Crippen LogP contribution in [0.2, 0.25) is 0 Å². The second kappa shape index (κ2) is 12.7. The highest BCUT2D eigenvalue weighted by Gasteiger charge is 2.30. The van der Waals surface area contributed by atoms with E-state index in [9.17, 15) is 18.4 Å². The fourth-order valence-corrected chi connectivity index (χ4v) is 6.10. The Bertz CT molecular complexity index is 1200. The van der Waals surface area contributed by atoms with E-state index in [0.29, 0.717) is 23.6 Å². The lowest BCUT2D eigenvalue weighted by molar-refractivity contribution is 0.0688. The predicted octanol–water partition coefficient (Wildman–Crippen LogP) is 4.99. The van der Waals surface area contributed by atoms with E-state index >= 15 is 0 Å². The lowest BCUT2D eigenvalue weighted by Crippen LogP contribution is -2.44. The molecule has 1 aromatic heterocycles. The highest BCUT2D eigenvalue weighted by Crippen LogP contribution is 2.33. The smallest absolute Gasteiger partial charge is 0.253 e. The number of H-pyrrole nitrogens is 1. The lowest BCUT2D eigenvalue weighted by atomic mass is 9.88. The molecule has 0 bridgehead atoms. The normalized spacial score (nSPS) is 20.3. The number of hydrogen-bond acceptors (Lipinski definition) is 4. The van der Waals surface area contributed by atoms with Gasteiger partial charge >= 0.3 is 0 Å². The third kappa shape index (κ3) is 6.52. The van der Waals surface area contributed by atoms with Gasteiger partial charge in [-0.1, -0.05) is 18.2 Å². The van der Waals surface area contributed by atoms with Gasteiger partial charge in [-0.2, -0.15) is 0 Å². The maximum atomic E-state index is 13.4. The Labute approximate surface area is 224 Å². The maximum Gasteiger partial charge on any atom is 0.253 e. The number of benzene rings is 1. The molecule has 8 heteroatoms. The molecule has 1 saturated carbocycles. The quantitative estimate of drug-likeness (QED) is 0.521. The number of alkyl halides is 2. The Morgan fingerprint density at radius 1 is 1.05 bits per heavy atom. The van der Waals surface area contributed by atoms with Gasteiger partial charge < -0.3 is 15.2 Å². The molecule has 6 nitrogen and oxygen atoms in total. The van der Waals surface area contributed by atoms with E-state index in [1.165, 1.54) is 0 Å². The summed E-state index contributed by atoms with van der Waals surface area (Å²) in [6.07, 6.45) is 7.77. The minimum Gasteiger partial charge on any atom is -0.369 e. The molecule has 4 rings (SSSR count). The zero-order valence-electron chi connectivity index (χ0n) is 22.7. The number of aromatic amines is 1. The van der Waals surface area contributed by atoms with Crippen LogP contribution in [0.3, 0.4) is 0 Å². The molecule has 1 fully saturated rings. The highest BCUT2D eigenvalue weighted by atomic mass is 19.3. The molecular weight excluding hydrogens is 486 g/mol. The summed E-state index contributed by atoms with van der Waals surface area (Å²) in [5.74, 6) is -0.185. The van der Waals surface area contributed by atoms with Crippen LogP contribution in [0.5, 0.6) is 0 Å². The van der Waals surface area contributed by atoms with E-state index in [4.69, 9.17) is 0 Å². The monoisotopic (exact) mass is 526 g/mol. The Morgan fingerprint density at radius 2 is 1.79 bits per heavy atom. The third-order valence-electron chi connectivity index (χ3n) is 8.06. The first-order valence-electron chi connectivity index (χ1n) is 13.8. The fourth-order valence-electron chi connectivity index (χ4n) is 6.10. The number of anilines is 1. The number of rotatable bonds is 6. The van der Waals surface area contributed by atoms with Gasteiger partial charge in [0.25, 0.3) is 17.9 Å². The van der Waals surface area contributed by atoms with Gasteiger partial charge in [0.05, 0.1) is 6.54 Å². The van der Waals surface area contributed by atoms with Crippen LogP contribution in [0.4, 0.5) is 14.5 Å². The van der Waals surface area contributed by atoms with Crippen LogP contribution in [0.1, 0.15) is 71.8 Å². The predicted molar refractivity (Wildman–Crippen MR) is 148 cm³/mol. The number of aromatic nitrogens is 1. The van der Waals surface area contributed by atoms with E-state index in [-0.39, 0.29) is 30.6 Å². The topological polar surface area (TPSA) is 68.4 Å². The van der Waals surface area contributed by atoms with Crippen molar-refractivity contribution in [2.45, 2.75) is 83.8 Å². The number of nitrogens with zero attached hydrogens (tertiary/aromatic N) is 2. The summed E-state index contributed by atoms with van der Waals surface area (Å²) in [6.45, 7) is 4.80. The summed E-state index contributed by atoms with van der Waals surface area (Å²) in [5.41, 5.74) is 4.92. The Kier molecular flexibility index (Phi) is 9.36. The van der Waals surface area contributed by atoms with Gasteiger partial charge in [-0.15, -0.1) is 0 Å². The average molecular weight is 527 g/mol. The lowest BCUT2D eigenvalue weighted by Gasteiger charge is -2.41. The van der Waals surface area contributed by atoms with Crippen molar-refractivity contribution in [1.29, 1.82) is 0 Å². The van der Waals surface area contributed by atoms with E-state index in [1.807, 2.05) is 25.1 Å². The number of pyridine rings is 1. The minimum atomic E-state index is -2.31. The summed E-state index contributed by atoms with van der Waals surface area (Å²) in [7, 11) is 1.80. The summed E-state index contributed by atoms with van der Waals surface area (Å²) >= 11 is 0. The van der Waals surface area contributed by atoms with Crippen molar-refractivity contribution in [1.82, 2.24) is 15.2 Å². The van der Waals surface area contributed by atoms with Crippen LogP contribution in [0.25, 0.3) is 0 Å². The third-order valence-corrected chi connectivity index (χ3v) is 8.06. The zero-order chi connectivity index (χ0) is 27.2. The number of nitrogens with one attached hydrogen (secondary N) is 2. The van der Waals surface area contributed by atoms with Crippen molar-refractivity contribution in [3.63, 3.8) is 0 Å². The zero-order valence-corrected chi connectivity index (χ0v) is 22.7. The van der Waals surface area contributed by atoms with Gasteiger partial charge in [0.15, 0.2) is 0 Å². The number of hydrogen-bond donors (Lipinski definition) is 2. The number of allylic oxidation sites excluding steroid dienone is 2. The Balaban J connectivity index is 1.58. The molecule has 2 aromatic rings. The summed E-state index contributed by atoms with van der Waals surface area (Å²) in [4.78, 5) is 33.1. The first-order valence-corrected chi connectivity index (χ1v) is 13.8. The van der Waals surface area contributed by atoms with E-state index < -0.39 is 6.43 Å². The number of carbonyl (C=O) groups excluding carboxylic acids is 1. The average Bonchev–Trinajstić information content (AvgIpc) is 2.88. The molecule has 2 aliphatic rings. The fraction of sp³-hybridized carbons (Fsp3) is 0.533. The summed E-state index contributed by atoms with van der Waals surface area (Å²) < 4.78 is 25.8. The second-order valence-electron chi connectivity index (χ2n) is 10.6. The molecule has 0 unspecified atom stereocenters. The van der Waals surface area contributed by atoms with Crippen LogP contribution < -0.4 is 15.8 Å². The first-order chi connectivity index (χ1) is 18.3. The molecule has 0 radical (unpaired) electrons. The van der Waals surface area contributed by atoms with Gasteiger partial charge in [0.2, 0.25) is 0 Å². The summed E-state index contributed by atoms with van der Waals surface area (Å²) in [6, 6.07) is 8.35. The molecule has 1 aliphatic carbocycles. The van der Waals surface area contributed by atoms with Crippen LogP contribution in [-0.2, 0) is 19.4 Å². The molecule has 2 N–H and O–H groups in total. The van der Waals surface area contributed by atoms with Crippen LogP contribution in [0, 0.1) is 6.92 Å². The maximum absolute atomic E-state index is 13.4. The number of carbonyl (C=O) groups is 1. The van der Waals surface area contributed by atoms with Crippen molar-refractivity contribution < 1.29 is 13.6 Å². The van der Waals surface area contributed by atoms with Gasteiger partial charge in [-0.05, 0) is 95.2 Å². The standard InChI is InChI=1S/C30H40F2N4O2/c1-4-36(23-15-13-22(14-16-23)35(3)19-28(31)32)27-12-8-11-25-24(27)10-7-5-6-9-21-17-20(2)34-30(38)26(21)18-33-29(25)37/h5,7-8,11-12,17,22-23,28H,4,6,9-10,13-16,18-19H2,1-3H3,(H,33,37)(H,34,38). The molecule has 0 saturated heterocycles. The minimum absolute atomic E-state index is 0.151. The van der Waals surface area contributed by atoms with Gasteiger partial charge in [-0.3, -0.25) is 14.5 Å². The molecule has 1 aliphatic heterocycles. The number of halogens is 2. The molecule has 2 heterocycles.